The largest absolute Gasteiger partial charge is 0.347 e. The van der Waals surface area contributed by atoms with Gasteiger partial charge in [0.05, 0.1) is 4.88 Å². The summed E-state index contributed by atoms with van der Waals surface area (Å²) < 4.78 is 27.4. The topological polar surface area (TPSA) is 29.1 Å². The fraction of sp³-hybridized carbons (Fsp3) is 0.118. The lowest BCUT2D eigenvalue weighted by atomic mass is 10.1. The molecule has 0 unspecified atom stereocenters. The van der Waals surface area contributed by atoms with Crippen LogP contribution in [0.3, 0.4) is 0 Å². The molecule has 1 aromatic heterocycles. The summed E-state index contributed by atoms with van der Waals surface area (Å²) >= 11 is 1.27. The maximum absolute atomic E-state index is 13.9. The Balaban J connectivity index is 1.82. The summed E-state index contributed by atoms with van der Waals surface area (Å²) in [6, 6.07) is 10.8. The second-order valence-electron chi connectivity index (χ2n) is 4.98. The summed E-state index contributed by atoms with van der Waals surface area (Å²) in [6.07, 6.45) is 0. The first-order valence-electron chi connectivity index (χ1n) is 6.76. The first-order valence-corrected chi connectivity index (χ1v) is 7.58. The van der Waals surface area contributed by atoms with Gasteiger partial charge in [0.25, 0.3) is 5.91 Å². The van der Waals surface area contributed by atoms with Crippen LogP contribution in [0, 0.1) is 18.6 Å². The number of fused-ring (bicyclic) bond motifs is 1. The molecule has 0 saturated heterocycles. The zero-order chi connectivity index (χ0) is 15.7. The van der Waals surface area contributed by atoms with Crippen LogP contribution < -0.4 is 5.32 Å². The summed E-state index contributed by atoms with van der Waals surface area (Å²) in [5.41, 5.74) is 1.45. The molecule has 0 aliphatic carbocycles. The Morgan fingerprint density at radius 1 is 1.14 bits per heavy atom. The Morgan fingerprint density at radius 2 is 1.86 bits per heavy atom. The van der Waals surface area contributed by atoms with Gasteiger partial charge >= 0.3 is 0 Å². The second kappa shape index (κ2) is 5.85. The fourth-order valence-corrected chi connectivity index (χ4v) is 3.47. The lowest BCUT2D eigenvalue weighted by Gasteiger charge is -2.04. The monoisotopic (exact) mass is 317 g/mol. The Kier molecular flexibility index (Phi) is 3.90. The lowest BCUT2D eigenvalue weighted by molar-refractivity contribution is 0.0954. The van der Waals surface area contributed by atoms with Gasteiger partial charge < -0.3 is 5.32 Å². The number of carbonyl (C=O) groups excluding carboxylic acids is 1. The van der Waals surface area contributed by atoms with Gasteiger partial charge in [-0.05, 0) is 42.3 Å². The van der Waals surface area contributed by atoms with Crippen molar-refractivity contribution in [3.63, 3.8) is 0 Å². The van der Waals surface area contributed by atoms with Crippen LogP contribution in [0.15, 0.2) is 42.5 Å². The summed E-state index contributed by atoms with van der Waals surface area (Å²) in [6.45, 7) is 2.05. The van der Waals surface area contributed by atoms with Crippen molar-refractivity contribution in [3.05, 3.63) is 70.1 Å². The molecule has 22 heavy (non-hydrogen) atoms. The molecule has 5 heteroatoms. The van der Waals surface area contributed by atoms with Gasteiger partial charge in [-0.25, -0.2) is 8.78 Å². The molecule has 1 heterocycles. The highest BCUT2D eigenvalue weighted by atomic mass is 32.1. The van der Waals surface area contributed by atoms with Crippen molar-refractivity contribution in [2.45, 2.75) is 13.5 Å². The zero-order valence-electron chi connectivity index (χ0n) is 11.8. The molecule has 0 bridgehead atoms. The van der Waals surface area contributed by atoms with Crippen molar-refractivity contribution >= 4 is 27.3 Å². The standard InChI is InChI=1S/C17H13F2NOS/c1-10-15-13(19)3-2-4-14(15)22-16(10)17(21)20-9-11-5-7-12(18)8-6-11/h2-8H,9H2,1H3,(H,20,21). The maximum Gasteiger partial charge on any atom is 0.261 e. The van der Waals surface area contributed by atoms with E-state index in [1.54, 1.807) is 31.2 Å². The number of amides is 1. The van der Waals surface area contributed by atoms with Crippen LogP contribution in [0.1, 0.15) is 20.8 Å². The second-order valence-corrected chi connectivity index (χ2v) is 6.03. The van der Waals surface area contributed by atoms with Crippen LogP contribution in [-0.4, -0.2) is 5.91 Å². The van der Waals surface area contributed by atoms with E-state index in [1.807, 2.05) is 0 Å². The van der Waals surface area contributed by atoms with E-state index in [0.29, 0.717) is 22.4 Å². The van der Waals surface area contributed by atoms with Crippen molar-refractivity contribution in [2.24, 2.45) is 0 Å². The molecule has 1 amide bonds. The van der Waals surface area contributed by atoms with Gasteiger partial charge in [0.15, 0.2) is 0 Å². The van der Waals surface area contributed by atoms with Gasteiger partial charge in [0.2, 0.25) is 0 Å². The molecule has 0 saturated carbocycles. The van der Waals surface area contributed by atoms with E-state index in [0.717, 1.165) is 10.3 Å². The number of rotatable bonds is 3. The maximum atomic E-state index is 13.9. The number of hydrogen-bond donors (Lipinski definition) is 1. The Hall–Kier alpha value is -2.27. The lowest BCUT2D eigenvalue weighted by Crippen LogP contribution is -2.22. The summed E-state index contributed by atoms with van der Waals surface area (Å²) in [7, 11) is 0. The molecule has 1 N–H and O–H groups in total. The van der Waals surface area contributed by atoms with E-state index < -0.39 is 0 Å². The van der Waals surface area contributed by atoms with Crippen LogP contribution in [0.5, 0.6) is 0 Å². The molecule has 0 aliphatic rings. The number of carbonyl (C=O) groups is 1. The molecule has 0 aliphatic heterocycles. The summed E-state index contributed by atoms with van der Waals surface area (Å²) in [5.74, 6) is -0.878. The number of hydrogen-bond acceptors (Lipinski definition) is 2. The van der Waals surface area contributed by atoms with Gasteiger partial charge in [-0.1, -0.05) is 18.2 Å². The Labute approximate surface area is 130 Å². The van der Waals surface area contributed by atoms with E-state index in [9.17, 15) is 13.6 Å². The van der Waals surface area contributed by atoms with E-state index in [4.69, 9.17) is 0 Å². The first-order chi connectivity index (χ1) is 10.6. The van der Waals surface area contributed by atoms with Crippen LogP contribution in [-0.2, 0) is 6.54 Å². The summed E-state index contributed by atoms with van der Waals surface area (Å²) in [4.78, 5) is 12.8. The van der Waals surface area contributed by atoms with Crippen molar-refractivity contribution in [3.8, 4) is 0 Å². The predicted molar refractivity (Wildman–Crippen MR) is 84.1 cm³/mol. The van der Waals surface area contributed by atoms with Gasteiger partial charge in [-0.2, -0.15) is 0 Å². The highest BCUT2D eigenvalue weighted by molar-refractivity contribution is 7.21. The SMILES string of the molecule is Cc1c(C(=O)NCc2ccc(F)cc2)sc2cccc(F)c12. The fourth-order valence-electron chi connectivity index (χ4n) is 2.33. The molecular weight excluding hydrogens is 304 g/mol. The van der Waals surface area contributed by atoms with E-state index in [1.165, 1.54) is 29.5 Å². The Bertz CT molecular complexity index is 840. The average molecular weight is 317 g/mol. The highest BCUT2D eigenvalue weighted by Crippen LogP contribution is 2.32. The molecule has 0 atom stereocenters. The number of halogens is 2. The highest BCUT2D eigenvalue weighted by Gasteiger charge is 2.17. The smallest absolute Gasteiger partial charge is 0.261 e. The van der Waals surface area contributed by atoms with Gasteiger partial charge in [-0.15, -0.1) is 11.3 Å². The molecule has 0 fully saturated rings. The van der Waals surface area contributed by atoms with Crippen molar-refractivity contribution in [1.82, 2.24) is 5.32 Å². The molecular formula is C17H13F2NOS. The third-order valence-electron chi connectivity index (χ3n) is 3.48. The van der Waals surface area contributed by atoms with Gasteiger partial charge in [0.1, 0.15) is 11.6 Å². The third-order valence-corrected chi connectivity index (χ3v) is 4.73. The number of aryl methyl sites for hydroxylation is 1. The molecule has 112 valence electrons. The van der Waals surface area contributed by atoms with Crippen LogP contribution >= 0.6 is 11.3 Å². The molecule has 0 radical (unpaired) electrons. The molecule has 3 rings (SSSR count). The summed E-state index contributed by atoms with van der Waals surface area (Å²) in [5, 5.41) is 3.28. The van der Waals surface area contributed by atoms with E-state index >= 15 is 0 Å². The number of benzene rings is 2. The van der Waals surface area contributed by atoms with E-state index in [-0.39, 0.29) is 17.5 Å². The average Bonchev–Trinajstić information content (AvgIpc) is 2.85. The normalized spacial score (nSPS) is 10.9. The van der Waals surface area contributed by atoms with Crippen LogP contribution in [0.4, 0.5) is 8.78 Å². The predicted octanol–water partition coefficient (Wildman–Crippen LogP) is 4.42. The van der Waals surface area contributed by atoms with Gasteiger partial charge in [-0.3, -0.25) is 4.79 Å². The Morgan fingerprint density at radius 3 is 2.55 bits per heavy atom. The minimum absolute atomic E-state index is 0.248. The zero-order valence-corrected chi connectivity index (χ0v) is 12.6. The minimum atomic E-state index is -0.316. The van der Waals surface area contributed by atoms with Crippen molar-refractivity contribution in [1.29, 1.82) is 0 Å². The molecule has 2 nitrogen and oxygen atoms in total. The first kappa shape index (κ1) is 14.7. The number of nitrogens with one attached hydrogen (secondary N) is 1. The molecule has 3 aromatic rings. The van der Waals surface area contributed by atoms with Gasteiger partial charge in [0, 0.05) is 16.6 Å². The number of thiophene rings is 1. The van der Waals surface area contributed by atoms with Crippen molar-refractivity contribution in [2.75, 3.05) is 0 Å². The van der Waals surface area contributed by atoms with Crippen LogP contribution in [0.2, 0.25) is 0 Å². The van der Waals surface area contributed by atoms with Crippen molar-refractivity contribution < 1.29 is 13.6 Å². The van der Waals surface area contributed by atoms with Crippen LogP contribution in [0.25, 0.3) is 10.1 Å². The minimum Gasteiger partial charge on any atom is -0.347 e. The quantitative estimate of drug-likeness (QED) is 0.761. The third kappa shape index (κ3) is 2.72. The van der Waals surface area contributed by atoms with E-state index in [2.05, 4.69) is 5.32 Å². The molecule has 2 aromatic carbocycles. The molecule has 0 spiro atoms.